The molecule has 0 aliphatic heterocycles. The molecular weight excluding hydrogens is 277 g/mol. The van der Waals surface area contributed by atoms with Crippen LogP contribution < -0.4 is 20.9 Å². The van der Waals surface area contributed by atoms with Crippen molar-refractivity contribution in [3.63, 3.8) is 0 Å². The highest BCUT2D eigenvalue weighted by Gasteiger charge is 2.16. The average Bonchev–Trinajstić information content (AvgIpc) is 2.54. The molecule has 104 valence electrons. The monoisotopic (exact) mass is 293 g/mol. The molecule has 0 fully saturated rings. The minimum absolute atomic E-state index is 0.712. The minimum atomic E-state index is -0.895. The van der Waals surface area contributed by atoms with Crippen molar-refractivity contribution in [2.24, 2.45) is 0 Å². The van der Waals surface area contributed by atoms with Gasteiger partial charge in [-0.3, -0.25) is 0 Å². The van der Waals surface area contributed by atoms with Crippen molar-refractivity contribution < 1.29 is 4.52 Å². The topological polar surface area (TPSA) is 35.2 Å². The van der Waals surface area contributed by atoms with E-state index in [9.17, 15) is 0 Å². The first-order valence-electron chi connectivity index (χ1n) is 6.77. The number of hydrogen-bond acceptors (Lipinski definition) is 2. The summed E-state index contributed by atoms with van der Waals surface area (Å²) in [5, 5.41) is 2.36. The third-order valence-corrected chi connectivity index (χ3v) is 4.96. The Hall–Kier alpha value is -2.31. The summed E-state index contributed by atoms with van der Waals surface area (Å²) in [6.07, 6.45) is 0. The molecule has 3 heteroatoms. The first kappa shape index (κ1) is 13.7. The summed E-state index contributed by atoms with van der Waals surface area (Å²) in [5.74, 6) is 0.800. The van der Waals surface area contributed by atoms with Gasteiger partial charge in [0.1, 0.15) is 5.75 Å². The van der Waals surface area contributed by atoms with Gasteiger partial charge in [-0.1, -0.05) is 66.7 Å². The van der Waals surface area contributed by atoms with Crippen LogP contribution in [-0.4, -0.2) is 0 Å². The predicted molar refractivity (Wildman–Crippen MR) is 90.6 cm³/mol. The second-order valence-corrected chi connectivity index (χ2v) is 6.43. The molecule has 0 aliphatic carbocycles. The Bertz CT molecular complexity index is 661. The smallest absolute Gasteiger partial charge is 0.150 e. The molecule has 0 radical (unpaired) electrons. The van der Waals surface area contributed by atoms with Gasteiger partial charge in [-0.05, 0) is 12.1 Å². The summed E-state index contributed by atoms with van der Waals surface area (Å²) in [6.45, 7) is 0. The fourth-order valence-corrected chi connectivity index (χ4v) is 3.78. The van der Waals surface area contributed by atoms with Crippen LogP contribution >= 0.6 is 8.15 Å². The summed E-state index contributed by atoms with van der Waals surface area (Å²) in [6, 6.07) is 28.2. The lowest BCUT2D eigenvalue weighted by Gasteiger charge is -2.19. The Morgan fingerprint density at radius 1 is 0.667 bits per heavy atom. The van der Waals surface area contributed by atoms with Gasteiger partial charge < -0.3 is 10.3 Å². The van der Waals surface area contributed by atoms with Gasteiger partial charge in [0.25, 0.3) is 0 Å². The van der Waals surface area contributed by atoms with Crippen molar-refractivity contribution in [3.8, 4) is 5.75 Å². The second kappa shape index (κ2) is 6.43. The molecule has 3 aromatic rings. The zero-order valence-corrected chi connectivity index (χ0v) is 12.4. The SMILES string of the molecule is Nc1cccc(OP(c2ccccc2)c2ccccc2)c1. The van der Waals surface area contributed by atoms with E-state index in [0.29, 0.717) is 5.69 Å². The van der Waals surface area contributed by atoms with Gasteiger partial charge in [-0.15, -0.1) is 0 Å². The van der Waals surface area contributed by atoms with Gasteiger partial charge in [0.15, 0.2) is 8.15 Å². The number of rotatable bonds is 4. The van der Waals surface area contributed by atoms with Crippen molar-refractivity contribution in [2.45, 2.75) is 0 Å². The van der Waals surface area contributed by atoms with Crippen molar-refractivity contribution in [1.82, 2.24) is 0 Å². The predicted octanol–water partition coefficient (Wildman–Crippen LogP) is 3.70. The summed E-state index contributed by atoms with van der Waals surface area (Å²) >= 11 is 0. The minimum Gasteiger partial charge on any atom is -0.464 e. The molecule has 2 nitrogen and oxygen atoms in total. The molecule has 0 saturated heterocycles. The molecule has 0 amide bonds. The zero-order valence-electron chi connectivity index (χ0n) is 11.5. The molecule has 0 aromatic heterocycles. The molecule has 21 heavy (non-hydrogen) atoms. The lowest BCUT2D eigenvalue weighted by Crippen LogP contribution is -2.15. The first-order chi connectivity index (χ1) is 10.3. The van der Waals surface area contributed by atoms with Crippen LogP contribution in [0.4, 0.5) is 5.69 Å². The summed E-state index contributed by atoms with van der Waals surface area (Å²) in [4.78, 5) is 0. The van der Waals surface area contributed by atoms with Gasteiger partial charge in [-0.2, -0.15) is 0 Å². The molecule has 0 unspecified atom stereocenters. The van der Waals surface area contributed by atoms with E-state index in [1.54, 1.807) is 0 Å². The molecule has 0 aliphatic rings. The highest BCUT2D eigenvalue weighted by molar-refractivity contribution is 7.68. The maximum absolute atomic E-state index is 6.25. The highest BCUT2D eigenvalue weighted by Crippen LogP contribution is 2.36. The third-order valence-electron chi connectivity index (χ3n) is 3.04. The van der Waals surface area contributed by atoms with Gasteiger partial charge in [-0.25, -0.2) is 0 Å². The van der Waals surface area contributed by atoms with Crippen LogP contribution in [0.2, 0.25) is 0 Å². The zero-order chi connectivity index (χ0) is 14.5. The van der Waals surface area contributed by atoms with Crippen LogP contribution in [0, 0.1) is 0 Å². The molecular formula is C18H16NOP. The van der Waals surface area contributed by atoms with Crippen molar-refractivity contribution >= 4 is 24.4 Å². The summed E-state index contributed by atoms with van der Waals surface area (Å²) in [5.41, 5.74) is 6.55. The van der Waals surface area contributed by atoms with Gasteiger partial charge >= 0.3 is 0 Å². The van der Waals surface area contributed by atoms with E-state index in [1.807, 2.05) is 60.7 Å². The molecule has 0 spiro atoms. The summed E-state index contributed by atoms with van der Waals surface area (Å²) in [7, 11) is -0.895. The lowest BCUT2D eigenvalue weighted by atomic mass is 10.3. The fourth-order valence-electron chi connectivity index (χ4n) is 2.06. The Labute approximate surface area is 126 Å². The molecule has 3 aromatic carbocycles. The van der Waals surface area contributed by atoms with E-state index < -0.39 is 8.15 Å². The molecule has 0 saturated carbocycles. The van der Waals surface area contributed by atoms with Crippen LogP contribution in [0.25, 0.3) is 0 Å². The number of benzene rings is 3. The molecule has 0 atom stereocenters. The standard InChI is InChI=1S/C18H16NOP/c19-15-8-7-9-16(14-15)20-21(17-10-3-1-4-11-17)18-12-5-2-6-13-18/h1-14H,19H2. The van der Waals surface area contributed by atoms with Crippen LogP contribution in [0.3, 0.4) is 0 Å². The summed E-state index contributed by atoms with van der Waals surface area (Å²) < 4.78 is 6.25. The fraction of sp³-hybridized carbons (Fsp3) is 0. The van der Waals surface area contributed by atoms with Crippen LogP contribution in [0.1, 0.15) is 0 Å². The molecule has 2 N–H and O–H groups in total. The Morgan fingerprint density at radius 2 is 1.24 bits per heavy atom. The maximum atomic E-state index is 6.25. The normalized spacial score (nSPS) is 10.5. The Balaban J connectivity index is 1.97. The largest absolute Gasteiger partial charge is 0.464 e. The highest BCUT2D eigenvalue weighted by atomic mass is 31.1. The quantitative estimate of drug-likeness (QED) is 0.588. The van der Waals surface area contributed by atoms with Gasteiger partial charge in [0.2, 0.25) is 0 Å². The Morgan fingerprint density at radius 3 is 1.76 bits per heavy atom. The average molecular weight is 293 g/mol. The Kier molecular flexibility index (Phi) is 4.18. The van der Waals surface area contributed by atoms with E-state index in [2.05, 4.69) is 24.3 Å². The number of nitrogen functional groups attached to an aromatic ring is 1. The van der Waals surface area contributed by atoms with Crippen LogP contribution in [0.15, 0.2) is 84.9 Å². The van der Waals surface area contributed by atoms with E-state index >= 15 is 0 Å². The molecule has 0 heterocycles. The van der Waals surface area contributed by atoms with Gasteiger partial charge in [0, 0.05) is 22.4 Å². The molecule has 0 bridgehead atoms. The van der Waals surface area contributed by atoms with E-state index in [1.165, 1.54) is 10.6 Å². The van der Waals surface area contributed by atoms with Crippen molar-refractivity contribution in [2.75, 3.05) is 5.73 Å². The first-order valence-corrected chi connectivity index (χ1v) is 8.02. The second-order valence-electron chi connectivity index (χ2n) is 4.63. The van der Waals surface area contributed by atoms with Crippen molar-refractivity contribution in [1.29, 1.82) is 0 Å². The van der Waals surface area contributed by atoms with Crippen molar-refractivity contribution in [3.05, 3.63) is 84.9 Å². The number of hydrogen-bond donors (Lipinski definition) is 1. The number of anilines is 1. The maximum Gasteiger partial charge on any atom is 0.150 e. The lowest BCUT2D eigenvalue weighted by molar-refractivity contribution is 0.630. The van der Waals surface area contributed by atoms with Crippen LogP contribution in [0.5, 0.6) is 5.75 Å². The van der Waals surface area contributed by atoms with Crippen LogP contribution in [-0.2, 0) is 0 Å². The van der Waals surface area contributed by atoms with Gasteiger partial charge in [0.05, 0.1) is 0 Å². The third kappa shape index (κ3) is 3.42. The van der Waals surface area contributed by atoms with E-state index in [-0.39, 0.29) is 0 Å². The van der Waals surface area contributed by atoms with E-state index in [4.69, 9.17) is 10.3 Å². The molecule has 3 rings (SSSR count). The van der Waals surface area contributed by atoms with E-state index in [0.717, 1.165) is 5.75 Å². The number of nitrogens with two attached hydrogens (primary N) is 1.